The minimum absolute atomic E-state index is 0.129. The van der Waals surface area contributed by atoms with E-state index in [2.05, 4.69) is 13.2 Å². The number of hydrogen-bond donors (Lipinski definition) is 0. The highest BCUT2D eigenvalue weighted by Gasteiger charge is 2.21. The first-order chi connectivity index (χ1) is 9.58. The third-order valence-corrected chi connectivity index (χ3v) is 3.27. The number of aryl methyl sites for hydroxylation is 2. The summed E-state index contributed by atoms with van der Waals surface area (Å²) in [6.07, 6.45) is 3.40. The molecule has 104 valence electrons. The predicted octanol–water partition coefficient (Wildman–Crippen LogP) is 3.86. The number of rotatable bonds is 5. The Balaban J connectivity index is 2.45. The van der Waals surface area contributed by atoms with Crippen LogP contribution in [0.3, 0.4) is 0 Å². The molecule has 1 heterocycles. The second-order valence-electron chi connectivity index (χ2n) is 4.84. The fourth-order valence-corrected chi connectivity index (χ4v) is 2.23. The summed E-state index contributed by atoms with van der Waals surface area (Å²) in [4.78, 5) is 14.2. The molecule has 3 heteroatoms. The Kier molecular flexibility index (Phi) is 4.08. The number of hydrogen-bond acceptors (Lipinski definition) is 2. The molecule has 0 aliphatic carbocycles. The van der Waals surface area contributed by atoms with E-state index in [0.717, 1.165) is 22.1 Å². The fraction of sp³-hybridized carbons (Fsp3) is 0.235. The van der Waals surface area contributed by atoms with Gasteiger partial charge < -0.3 is 9.32 Å². The average molecular weight is 269 g/mol. The van der Waals surface area contributed by atoms with Crippen LogP contribution < -0.4 is 0 Å². The zero-order valence-corrected chi connectivity index (χ0v) is 12.0. The molecule has 1 aromatic carbocycles. The lowest BCUT2D eigenvalue weighted by Gasteiger charge is -2.18. The second kappa shape index (κ2) is 5.78. The Bertz CT molecular complexity index is 657. The summed E-state index contributed by atoms with van der Waals surface area (Å²) in [5.41, 5.74) is 2.77. The van der Waals surface area contributed by atoms with Crippen LogP contribution in [0.2, 0.25) is 0 Å². The van der Waals surface area contributed by atoms with Crippen LogP contribution in [0.25, 0.3) is 11.0 Å². The summed E-state index contributed by atoms with van der Waals surface area (Å²) in [7, 11) is 0. The standard InChI is InChI=1S/C17H19NO2/c1-5-9-18(10-6-2)17(19)16-13(4)14-11-12(3)7-8-15(14)20-16/h5-8,11H,1-2,9-10H2,3-4H3. The van der Waals surface area contributed by atoms with E-state index in [-0.39, 0.29) is 5.91 Å². The molecular weight excluding hydrogens is 250 g/mol. The van der Waals surface area contributed by atoms with Crippen LogP contribution in [0.4, 0.5) is 0 Å². The van der Waals surface area contributed by atoms with Gasteiger partial charge in [-0.3, -0.25) is 4.79 Å². The first-order valence-electron chi connectivity index (χ1n) is 6.59. The van der Waals surface area contributed by atoms with Crippen LogP contribution in [-0.4, -0.2) is 23.9 Å². The van der Waals surface area contributed by atoms with E-state index in [0.29, 0.717) is 18.8 Å². The van der Waals surface area contributed by atoms with E-state index in [4.69, 9.17) is 4.42 Å². The van der Waals surface area contributed by atoms with Crippen molar-refractivity contribution in [2.75, 3.05) is 13.1 Å². The number of amides is 1. The SMILES string of the molecule is C=CCN(CC=C)C(=O)c1oc2ccc(C)cc2c1C. The normalized spacial score (nSPS) is 10.5. The van der Waals surface area contributed by atoms with Crippen molar-refractivity contribution in [3.63, 3.8) is 0 Å². The van der Waals surface area contributed by atoms with Crippen molar-refractivity contribution >= 4 is 16.9 Å². The highest BCUT2D eigenvalue weighted by Crippen LogP contribution is 2.27. The summed E-state index contributed by atoms with van der Waals surface area (Å²) in [6, 6.07) is 5.92. The molecule has 2 aromatic rings. The largest absolute Gasteiger partial charge is 0.451 e. The smallest absolute Gasteiger partial charge is 0.290 e. The van der Waals surface area contributed by atoms with Crippen molar-refractivity contribution in [2.24, 2.45) is 0 Å². The summed E-state index contributed by atoms with van der Waals surface area (Å²) in [6.45, 7) is 12.2. The summed E-state index contributed by atoms with van der Waals surface area (Å²) >= 11 is 0. The van der Waals surface area contributed by atoms with Gasteiger partial charge in [0, 0.05) is 24.0 Å². The molecule has 0 aliphatic heterocycles. The van der Waals surface area contributed by atoms with Crippen molar-refractivity contribution in [3.8, 4) is 0 Å². The number of benzene rings is 1. The van der Waals surface area contributed by atoms with Crippen LogP contribution in [0, 0.1) is 13.8 Å². The van der Waals surface area contributed by atoms with Gasteiger partial charge in [-0.1, -0.05) is 23.8 Å². The molecule has 0 atom stereocenters. The molecule has 1 aromatic heterocycles. The maximum absolute atomic E-state index is 12.5. The number of furan rings is 1. The number of nitrogens with zero attached hydrogens (tertiary/aromatic N) is 1. The van der Waals surface area contributed by atoms with Gasteiger partial charge in [0.1, 0.15) is 5.58 Å². The van der Waals surface area contributed by atoms with E-state index in [1.54, 1.807) is 17.1 Å². The molecule has 0 fully saturated rings. The molecular formula is C17H19NO2. The second-order valence-corrected chi connectivity index (χ2v) is 4.84. The summed E-state index contributed by atoms with van der Waals surface area (Å²) < 4.78 is 5.73. The molecule has 0 N–H and O–H groups in total. The Morgan fingerprint density at radius 2 is 1.90 bits per heavy atom. The molecule has 0 bridgehead atoms. The van der Waals surface area contributed by atoms with E-state index < -0.39 is 0 Å². The Hall–Kier alpha value is -2.29. The van der Waals surface area contributed by atoms with Gasteiger partial charge in [-0.15, -0.1) is 13.2 Å². The molecule has 0 unspecified atom stereocenters. The van der Waals surface area contributed by atoms with Crippen molar-refractivity contribution in [3.05, 3.63) is 60.4 Å². The molecule has 0 saturated heterocycles. The van der Waals surface area contributed by atoms with Crippen LogP contribution >= 0.6 is 0 Å². The molecule has 0 aliphatic rings. The van der Waals surface area contributed by atoms with Gasteiger partial charge in [0.2, 0.25) is 0 Å². The minimum atomic E-state index is -0.129. The number of carbonyl (C=O) groups is 1. The zero-order valence-electron chi connectivity index (χ0n) is 12.0. The van der Waals surface area contributed by atoms with Crippen molar-refractivity contribution in [1.82, 2.24) is 4.90 Å². The first kappa shape index (κ1) is 14.1. The topological polar surface area (TPSA) is 33.5 Å². The first-order valence-corrected chi connectivity index (χ1v) is 6.59. The monoisotopic (exact) mass is 269 g/mol. The summed E-state index contributed by atoms with van der Waals surface area (Å²) in [5.74, 6) is 0.269. The maximum atomic E-state index is 12.5. The van der Waals surface area contributed by atoms with Crippen LogP contribution in [0.1, 0.15) is 21.7 Å². The minimum Gasteiger partial charge on any atom is -0.451 e. The van der Waals surface area contributed by atoms with Gasteiger partial charge >= 0.3 is 0 Å². The molecule has 3 nitrogen and oxygen atoms in total. The Labute approximate surface area is 119 Å². The Morgan fingerprint density at radius 1 is 1.25 bits per heavy atom. The molecule has 1 amide bonds. The van der Waals surface area contributed by atoms with E-state index in [9.17, 15) is 4.79 Å². The van der Waals surface area contributed by atoms with Crippen molar-refractivity contribution < 1.29 is 9.21 Å². The highest BCUT2D eigenvalue weighted by molar-refractivity contribution is 5.99. The van der Waals surface area contributed by atoms with Gasteiger partial charge in [-0.05, 0) is 26.0 Å². The lowest BCUT2D eigenvalue weighted by atomic mass is 10.1. The number of carbonyl (C=O) groups excluding carboxylic acids is 1. The molecule has 0 spiro atoms. The van der Waals surface area contributed by atoms with Crippen molar-refractivity contribution in [2.45, 2.75) is 13.8 Å². The molecule has 20 heavy (non-hydrogen) atoms. The van der Waals surface area contributed by atoms with Gasteiger partial charge in [-0.25, -0.2) is 0 Å². The lowest BCUT2D eigenvalue weighted by molar-refractivity contribution is 0.0760. The van der Waals surface area contributed by atoms with Gasteiger partial charge in [0.15, 0.2) is 5.76 Å². The van der Waals surface area contributed by atoms with E-state index in [1.165, 1.54) is 0 Å². The third-order valence-electron chi connectivity index (χ3n) is 3.27. The fourth-order valence-electron chi connectivity index (χ4n) is 2.23. The average Bonchev–Trinajstić information content (AvgIpc) is 2.75. The summed E-state index contributed by atoms with van der Waals surface area (Å²) in [5, 5.41) is 0.991. The number of fused-ring (bicyclic) bond motifs is 1. The quantitative estimate of drug-likeness (QED) is 0.772. The highest BCUT2D eigenvalue weighted by atomic mass is 16.3. The van der Waals surface area contributed by atoms with Crippen LogP contribution in [0.15, 0.2) is 47.9 Å². The lowest BCUT2D eigenvalue weighted by Crippen LogP contribution is -2.31. The molecule has 0 saturated carbocycles. The van der Waals surface area contributed by atoms with E-state index in [1.807, 2.05) is 32.0 Å². The maximum Gasteiger partial charge on any atom is 0.290 e. The molecule has 0 radical (unpaired) electrons. The predicted molar refractivity (Wildman–Crippen MR) is 82.0 cm³/mol. The van der Waals surface area contributed by atoms with Crippen molar-refractivity contribution in [1.29, 1.82) is 0 Å². The van der Waals surface area contributed by atoms with Crippen LogP contribution in [-0.2, 0) is 0 Å². The Morgan fingerprint density at radius 3 is 2.50 bits per heavy atom. The van der Waals surface area contributed by atoms with E-state index >= 15 is 0 Å². The zero-order chi connectivity index (χ0) is 14.7. The molecule has 2 rings (SSSR count). The van der Waals surface area contributed by atoms with Gasteiger partial charge in [-0.2, -0.15) is 0 Å². The van der Waals surface area contributed by atoms with Crippen LogP contribution in [0.5, 0.6) is 0 Å². The third kappa shape index (κ3) is 2.52. The van der Waals surface area contributed by atoms with Gasteiger partial charge in [0.05, 0.1) is 0 Å². The van der Waals surface area contributed by atoms with Gasteiger partial charge in [0.25, 0.3) is 5.91 Å².